The molecule has 0 atom stereocenters. The zero-order chi connectivity index (χ0) is 13.1. The summed E-state index contributed by atoms with van der Waals surface area (Å²) in [5.74, 6) is -1.94. The molecule has 0 aliphatic heterocycles. The van der Waals surface area contributed by atoms with Gasteiger partial charge in [0.1, 0.15) is 11.6 Å². The largest absolute Gasteiger partial charge is 0.481 e. The molecule has 6 heteroatoms. The maximum atomic E-state index is 13.4. The second-order valence-corrected chi connectivity index (χ2v) is 3.64. The van der Waals surface area contributed by atoms with Crippen molar-refractivity contribution < 1.29 is 23.1 Å². The number of nitrogens with zero attached hydrogens (tertiary/aromatic N) is 1. The lowest BCUT2D eigenvalue weighted by Crippen LogP contribution is -1.97. The molecule has 1 heterocycles. The zero-order valence-corrected chi connectivity index (χ0v) is 9.19. The summed E-state index contributed by atoms with van der Waals surface area (Å²) >= 11 is 0. The van der Waals surface area contributed by atoms with Crippen LogP contribution in [0.3, 0.4) is 0 Å². The molecule has 0 fully saturated rings. The van der Waals surface area contributed by atoms with Crippen molar-refractivity contribution in [1.82, 2.24) is 4.98 Å². The van der Waals surface area contributed by atoms with Crippen molar-refractivity contribution >= 4 is 5.97 Å². The highest BCUT2D eigenvalue weighted by Gasteiger charge is 2.12. The van der Waals surface area contributed by atoms with Gasteiger partial charge in [0.25, 0.3) is 0 Å². The Labute approximate surface area is 101 Å². The molecule has 1 aromatic carbocycles. The topological polar surface area (TPSA) is 63.3 Å². The van der Waals surface area contributed by atoms with Gasteiger partial charge in [0, 0.05) is 6.42 Å². The summed E-state index contributed by atoms with van der Waals surface area (Å²) in [5, 5.41) is 8.50. The number of aliphatic carboxylic acids is 1. The van der Waals surface area contributed by atoms with Crippen molar-refractivity contribution in [3.63, 3.8) is 0 Å². The number of hydrogen-bond donors (Lipinski definition) is 1. The first-order chi connectivity index (χ1) is 8.56. The standard InChI is InChI=1S/C12H9F2NO3/c13-7-1-2-9(14)8(5-7)10-6-15-11(18-10)3-4-12(16)17/h1-2,5-6H,3-4H2,(H,16,17). The summed E-state index contributed by atoms with van der Waals surface area (Å²) in [4.78, 5) is 14.2. The Hall–Kier alpha value is -2.24. The monoisotopic (exact) mass is 253 g/mol. The Bertz CT molecular complexity index is 580. The number of aromatic nitrogens is 1. The fourth-order valence-electron chi connectivity index (χ4n) is 1.45. The van der Waals surface area contributed by atoms with E-state index in [-0.39, 0.29) is 30.1 Å². The fourth-order valence-corrected chi connectivity index (χ4v) is 1.45. The van der Waals surface area contributed by atoms with Crippen LogP contribution in [0.4, 0.5) is 8.78 Å². The second kappa shape index (κ2) is 4.95. The van der Waals surface area contributed by atoms with E-state index in [0.717, 1.165) is 18.2 Å². The number of halogens is 2. The molecule has 1 aromatic heterocycles. The van der Waals surface area contributed by atoms with Gasteiger partial charge in [0.05, 0.1) is 18.2 Å². The first-order valence-electron chi connectivity index (χ1n) is 5.18. The molecule has 0 unspecified atom stereocenters. The van der Waals surface area contributed by atoms with Crippen molar-refractivity contribution in [1.29, 1.82) is 0 Å². The first-order valence-corrected chi connectivity index (χ1v) is 5.18. The van der Waals surface area contributed by atoms with E-state index in [2.05, 4.69) is 4.98 Å². The van der Waals surface area contributed by atoms with Crippen LogP contribution >= 0.6 is 0 Å². The van der Waals surface area contributed by atoms with Gasteiger partial charge in [-0.1, -0.05) is 0 Å². The van der Waals surface area contributed by atoms with Crippen LogP contribution in [0.5, 0.6) is 0 Å². The number of carboxylic acid groups (broad SMARTS) is 1. The van der Waals surface area contributed by atoms with E-state index in [4.69, 9.17) is 9.52 Å². The van der Waals surface area contributed by atoms with Crippen LogP contribution in [0.1, 0.15) is 12.3 Å². The molecule has 18 heavy (non-hydrogen) atoms. The van der Waals surface area contributed by atoms with E-state index in [9.17, 15) is 13.6 Å². The van der Waals surface area contributed by atoms with E-state index in [1.165, 1.54) is 6.20 Å². The van der Waals surface area contributed by atoms with Gasteiger partial charge in [-0.05, 0) is 18.2 Å². The van der Waals surface area contributed by atoms with Gasteiger partial charge >= 0.3 is 5.97 Å². The van der Waals surface area contributed by atoms with E-state index in [0.29, 0.717) is 0 Å². The van der Waals surface area contributed by atoms with Crippen molar-refractivity contribution in [3.8, 4) is 11.3 Å². The average Bonchev–Trinajstić information content (AvgIpc) is 2.78. The van der Waals surface area contributed by atoms with E-state index >= 15 is 0 Å². The van der Waals surface area contributed by atoms with Crippen molar-refractivity contribution in [2.45, 2.75) is 12.8 Å². The molecule has 2 aromatic rings. The number of benzene rings is 1. The zero-order valence-electron chi connectivity index (χ0n) is 9.19. The number of aryl methyl sites for hydroxylation is 1. The molecular weight excluding hydrogens is 244 g/mol. The summed E-state index contributed by atoms with van der Waals surface area (Å²) in [6.45, 7) is 0. The maximum Gasteiger partial charge on any atom is 0.303 e. The molecule has 0 aliphatic carbocycles. The Kier molecular flexibility index (Phi) is 3.36. The van der Waals surface area contributed by atoms with Crippen LogP contribution in [-0.4, -0.2) is 16.1 Å². The molecule has 4 nitrogen and oxygen atoms in total. The van der Waals surface area contributed by atoms with E-state index < -0.39 is 17.6 Å². The second-order valence-electron chi connectivity index (χ2n) is 3.64. The predicted octanol–water partition coefficient (Wildman–Crippen LogP) is 2.64. The summed E-state index contributed by atoms with van der Waals surface area (Å²) in [6, 6.07) is 2.99. The predicted molar refractivity (Wildman–Crippen MR) is 57.8 cm³/mol. The normalized spacial score (nSPS) is 10.6. The summed E-state index contributed by atoms with van der Waals surface area (Å²) in [5.41, 5.74) is -0.0379. The molecule has 0 radical (unpaired) electrons. The van der Waals surface area contributed by atoms with E-state index in [1.54, 1.807) is 0 Å². The molecule has 94 valence electrons. The van der Waals surface area contributed by atoms with Gasteiger partial charge in [-0.15, -0.1) is 0 Å². The minimum atomic E-state index is -0.980. The van der Waals surface area contributed by atoms with E-state index in [1.807, 2.05) is 0 Å². The van der Waals surface area contributed by atoms with Crippen LogP contribution in [0.25, 0.3) is 11.3 Å². The molecule has 2 rings (SSSR count). The Morgan fingerprint density at radius 3 is 2.89 bits per heavy atom. The SMILES string of the molecule is O=C(O)CCc1ncc(-c2cc(F)ccc2F)o1. The van der Waals surface area contributed by atoms with Gasteiger partial charge in [-0.2, -0.15) is 0 Å². The number of oxazole rings is 1. The van der Waals surface area contributed by atoms with Crippen LogP contribution in [-0.2, 0) is 11.2 Å². The lowest BCUT2D eigenvalue weighted by Gasteiger charge is -1.98. The third-order valence-electron chi connectivity index (χ3n) is 2.30. The van der Waals surface area contributed by atoms with Crippen LogP contribution < -0.4 is 0 Å². The molecule has 0 bridgehead atoms. The molecule has 0 saturated heterocycles. The van der Waals surface area contributed by atoms with Gasteiger partial charge in [-0.3, -0.25) is 4.79 Å². The minimum Gasteiger partial charge on any atom is -0.481 e. The number of hydrogen-bond acceptors (Lipinski definition) is 3. The van der Waals surface area contributed by atoms with Gasteiger partial charge in [-0.25, -0.2) is 13.8 Å². The molecule has 0 amide bonds. The third-order valence-corrected chi connectivity index (χ3v) is 2.30. The van der Waals surface area contributed by atoms with Crippen LogP contribution in [0, 0.1) is 11.6 Å². The maximum absolute atomic E-state index is 13.4. The molecule has 0 spiro atoms. The number of carbonyl (C=O) groups is 1. The van der Waals surface area contributed by atoms with Crippen molar-refractivity contribution in [2.24, 2.45) is 0 Å². The van der Waals surface area contributed by atoms with Crippen molar-refractivity contribution in [3.05, 3.63) is 41.9 Å². The molecule has 0 saturated carbocycles. The average molecular weight is 253 g/mol. The summed E-state index contributed by atoms with van der Waals surface area (Å²) in [7, 11) is 0. The van der Waals surface area contributed by atoms with Gasteiger partial charge in [0.2, 0.25) is 0 Å². The van der Waals surface area contributed by atoms with Gasteiger partial charge < -0.3 is 9.52 Å². The first kappa shape index (κ1) is 12.2. The molecular formula is C12H9F2NO3. The van der Waals surface area contributed by atoms with Gasteiger partial charge in [0.15, 0.2) is 11.7 Å². The summed E-state index contributed by atoms with van der Waals surface area (Å²) in [6.07, 6.45) is 1.22. The quantitative estimate of drug-likeness (QED) is 0.909. The lowest BCUT2D eigenvalue weighted by atomic mass is 10.2. The summed E-state index contributed by atoms with van der Waals surface area (Å²) < 4.78 is 31.6. The lowest BCUT2D eigenvalue weighted by molar-refractivity contribution is -0.137. The highest BCUT2D eigenvalue weighted by molar-refractivity contribution is 5.66. The highest BCUT2D eigenvalue weighted by Crippen LogP contribution is 2.24. The van der Waals surface area contributed by atoms with Crippen LogP contribution in [0.2, 0.25) is 0 Å². The Balaban J connectivity index is 2.23. The molecule has 1 N–H and O–H groups in total. The number of carboxylic acids is 1. The smallest absolute Gasteiger partial charge is 0.303 e. The van der Waals surface area contributed by atoms with Crippen molar-refractivity contribution in [2.75, 3.05) is 0 Å². The molecule has 0 aliphatic rings. The Morgan fingerprint density at radius 2 is 2.17 bits per heavy atom. The fraction of sp³-hybridized carbons (Fsp3) is 0.167. The minimum absolute atomic E-state index is 0.0379. The number of rotatable bonds is 4. The third kappa shape index (κ3) is 2.71. The Morgan fingerprint density at radius 1 is 1.39 bits per heavy atom. The highest BCUT2D eigenvalue weighted by atomic mass is 19.1. The van der Waals surface area contributed by atoms with Crippen LogP contribution in [0.15, 0.2) is 28.8 Å².